The maximum atomic E-state index is 9.02. The Kier molecular flexibility index (Phi) is 4.45. The zero-order chi connectivity index (χ0) is 12.8. The van der Waals surface area contributed by atoms with Crippen molar-refractivity contribution in [1.82, 2.24) is 4.98 Å². The standard InChI is InChI=1S/C13H17N3OS/c1-18-13(4-7-17-8-5-13)10-16-12-11(9-14)3-2-6-15-12/h2-3,6H,4-5,7-8,10H2,1H3,(H,15,16). The second kappa shape index (κ2) is 6.07. The molecular weight excluding hydrogens is 246 g/mol. The summed E-state index contributed by atoms with van der Waals surface area (Å²) in [6.45, 7) is 2.45. The van der Waals surface area contributed by atoms with E-state index in [0.717, 1.165) is 32.6 Å². The van der Waals surface area contributed by atoms with E-state index < -0.39 is 0 Å². The Morgan fingerprint density at radius 2 is 2.33 bits per heavy atom. The monoisotopic (exact) mass is 263 g/mol. The van der Waals surface area contributed by atoms with Crippen molar-refractivity contribution in [3.63, 3.8) is 0 Å². The molecule has 0 spiro atoms. The first-order valence-electron chi connectivity index (χ1n) is 6.01. The highest BCUT2D eigenvalue weighted by Crippen LogP contribution is 2.33. The van der Waals surface area contributed by atoms with Crippen LogP contribution in [0.4, 0.5) is 5.82 Å². The molecule has 0 bridgehead atoms. The number of pyridine rings is 1. The number of rotatable bonds is 4. The third-order valence-corrected chi connectivity index (χ3v) is 4.76. The maximum Gasteiger partial charge on any atom is 0.143 e. The quantitative estimate of drug-likeness (QED) is 0.903. The smallest absolute Gasteiger partial charge is 0.143 e. The molecule has 1 fully saturated rings. The van der Waals surface area contributed by atoms with Crippen LogP contribution in [-0.2, 0) is 4.74 Å². The molecule has 0 unspecified atom stereocenters. The summed E-state index contributed by atoms with van der Waals surface area (Å²) in [4.78, 5) is 4.23. The Balaban J connectivity index is 2.03. The highest BCUT2D eigenvalue weighted by molar-refractivity contribution is 8.00. The number of hydrogen-bond donors (Lipinski definition) is 1. The van der Waals surface area contributed by atoms with Crippen molar-refractivity contribution in [2.24, 2.45) is 0 Å². The third kappa shape index (κ3) is 2.95. The fourth-order valence-electron chi connectivity index (χ4n) is 2.08. The Bertz CT molecular complexity index is 438. The zero-order valence-corrected chi connectivity index (χ0v) is 11.3. The van der Waals surface area contributed by atoms with Crippen molar-refractivity contribution < 1.29 is 4.74 Å². The summed E-state index contributed by atoms with van der Waals surface area (Å²) < 4.78 is 5.61. The van der Waals surface area contributed by atoms with Crippen LogP contribution in [-0.4, -0.2) is 35.7 Å². The van der Waals surface area contributed by atoms with Crippen LogP contribution in [0.15, 0.2) is 18.3 Å². The summed E-state index contributed by atoms with van der Waals surface area (Å²) in [6.07, 6.45) is 5.92. The number of ether oxygens (including phenoxy) is 1. The lowest BCUT2D eigenvalue weighted by Crippen LogP contribution is -2.39. The van der Waals surface area contributed by atoms with Gasteiger partial charge in [0.2, 0.25) is 0 Å². The summed E-state index contributed by atoms with van der Waals surface area (Å²) in [5.74, 6) is 0.680. The fourth-order valence-corrected chi connectivity index (χ4v) is 2.87. The normalized spacial score (nSPS) is 18.0. The van der Waals surface area contributed by atoms with Gasteiger partial charge >= 0.3 is 0 Å². The molecule has 0 aliphatic carbocycles. The molecule has 0 radical (unpaired) electrons. The molecule has 0 aromatic carbocycles. The van der Waals surface area contributed by atoms with E-state index in [0.29, 0.717) is 11.4 Å². The summed E-state index contributed by atoms with van der Waals surface area (Å²) >= 11 is 1.87. The lowest BCUT2D eigenvalue weighted by atomic mass is 9.99. The van der Waals surface area contributed by atoms with Gasteiger partial charge in [-0.2, -0.15) is 17.0 Å². The highest BCUT2D eigenvalue weighted by Gasteiger charge is 2.31. The van der Waals surface area contributed by atoms with E-state index in [4.69, 9.17) is 10.00 Å². The molecule has 1 aromatic heterocycles. The second-order valence-electron chi connectivity index (χ2n) is 4.36. The molecule has 1 aliphatic heterocycles. The van der Waals surface area contributed by atoms with E-state index >= 15 is 0 Å². The average molecular weight is 263 g/mol. The van der Waals surface area contributed by atoms with E-state index in [9.17, 15) is 0 Å². The van der Waals surface area contributed by atoms with Crippen LogP contribution in [0, 0.1) is 11.3 Å². The van der Waals surface area contributed by atoms with Gasteiger partial charge in [0.05, 0.1) is 5.56 Å². The predicted molar refractivity (Wildman–Crippen MR) is 73.7 cm³/mol. The van der Waals surface area contributed by atoms with Crippen molar-refractivity contribution in [3.05, 3.63) is 23.9 Å². The van der Waals surface area contributed by atoms with Crippen LogP contribution < -0.4 is 5.32 Å². The van der Waals surface area contributed by atoms with E-state index in [1.807, 2.05) is 11.8 Å². The molecule has 0 saturated carbocycles. The molecule has 0 amide bonds. The molecule has 96 valence electrons. The number of thioether (sulfide) groups is 1. The van der Waals surface area contributed by atoms with Gasteiger partial charge in [0, 0.05) is 30.7 Å². The first-order chi connectivity index (χ1) is 8.79. The van der Waals surface area contributed by atoms with Gasteiger partial charge in [-0.05, 0) is 31.2 Å². The molecule has 1 saturated heterocycles. The number of nitrogens with zero attached hydrogens (tertiary/aromatic N) is 2. The topological polar surface area (TPSA) is 57.9 Å². The molecule has 18 heavy (non-hydrogen) atoms. The number of nitriles is 1. The molecule has 2 heterocycles. The maximum absolute atomic E-state index is 9.02. The summed E-state index contributed by atoms with van der Waals surface area (Å²) in [5.41, 5.74) is 0.598. The first-order valence-corrected chi connectivity index (χ1v) is 7.24. The molecule has 5 heteroatoms. The average Bonchev–Trinajstić information content (AvgIpc) is 2.46. The molecular formula is C13H17N3OS. The molecule has 2 rings (SSSR count). The Hall–Kier alpha value is -1.25. The summed E-state index contributed by atoms with van der Waals surface area (Å²) in [7, 11) is 0. The van der Waals surface area contributed by atoms with E-state index in [1.54, 1.807) is 18.3 Å². The van der Waals surface area contributed by atoms with Crippen LogP contribution in [0.25, 0.3) is 0 Å². The van der Waals surface area contributed by atoms with Gasteiger partial charge < -0.3 is 10.1 Å². The van der Waals surface area contributed by atoms with Crippen molar-refractivity contribution in [2.45, 2.75) is 17.6 Å². The van der Waals surface area contributed by atoms with E-state index in [1.165, 1.54) is 0 Å². The molecule has 1 aromatic rings. The van der Waals surface area contributed by atoms with Gasteiger partial charge in [-0.25, -0.2) is 4.98 Å². The van der Waals surface area contributed by atoms with Crippen LogP contribution in [0.5, 0.6) is 0 Å². The summed E-state index contributed by atoms with van der Waals surface area (Å²) in [5, 5.41) is 12.3. The SMILES string of the molecule is CSC1(CNc2ncccc2C#N)CCOCC1. The lowest BCUT2D eigenvalue weighted by molar-refractivity contribution is 0.0802. The minimum Gasteiger partial charge on any atom is -0.381 e. The van der Waals surface area contributed by atoms with E-state index in [2.05, 4.69) is 22.6 Å². The van der Waals surface area contributed by atoms with Gasteiger partial charge in [-0.15, -0.1) is 0 Å². The van der Waals surface area contributed by atoms with Crippen molar-refractivity contribution >= 4 is 17.6 Å². The molecule has 1 N–H and O–H groups in total. The molecule has 0 atom stereocenters. The minimum absolute atomic E-state index is 0.197. The fraction of sp³-hybridized carbons (Fsp3) is 0.538. The summed E-state index contributed by atoms with van der Waals surface area (Å²) in [6, 6.07) is 5.72. The number of nitrogens with one attached hydrogen (secondary N) is 1. The van der Waals surface area contributed by atoms with Crippen LogP contribution >= 0.6 is 11.8 Å². The van der Waals surface area contributed by atoms with Crippen LogP contribution in [0.1, 0.15) is 18.4 Å². The van der Waals surface area contributed by atoms with Crippen LogP contribution in [0.2, 0.25) is 0 Å². The first kappa shape index (κ1) is 13.2. The highest BCUT2D eigenvalue weighted by atomic mass is 32.2. The molecule has 1 aliphatic rings. The number of hydrogen-bond acceptors (Lipinski definition) is 5. The van der Waals surface area contributed by atoms with Gasteiger partial charge in [0.15, 0.2) is 0 Å². The Labute approximate surface area is 112 Å². The van der Waals surface area contributed by atoms with Gasteiger partial charge in [0.1, 0.15) is 11.9 Å². The van der Waals surface area contributed by atoms with Crippen molar-refractivity contribution in [1.29, 1.82) is 5.26 Å². The Morgan fingerprint density at radius 1 is 1.56 bits per heavy atom. The zero-order valence-electron chi connectivity index (χ0n) is 10.5. The largest absolute Gasteiger partial charge is 0.381 e. The Morgan fingerprint density at radius 3 is 3.00 bits per heavy atom. The lowest BCUT2D eigenvalue weighted by Gasteiger charge is -2.35. The van der Waals surface area contributed by atoms with Crippen molar-refractivity contribution in [3.8, 4) is 6.07 Å². The van der Waals surface area contributed by atoms with Crippen LogP contribution in [0.3, 0.4) is 0 Å². The van der Waals surface area contributed by atoms with Gasteiger partial charge in [-0.3, -0.25) is 0 Å². The van der Waals surface area contributed by atoms with Gasteiger partial charge in [-0.1, -0.05) is 0 Å². The molecule has 4 nitrogen and oxygen atoms in total. The third-order valence-electron chi connectivity index (χ3n) is 3.34. The van der Waals surface area contributed by atoms with Crippen molar-refractivity contribution in [2.75, 3.05) is 31.3 Å². The number of aromatic nitrogens is 1. The number of anilines is 1. The second-order valence-corrected chi connectivity index (χ2v) is 5.64. The predicted octanol–water partition coefficient (Wildman–Crippen LogP) is 2.28. The van der Waals surface area contributed by atoms with E-state index in [-0.39, 0.29) is 4.75 Å². The minimum atomic E-state index is 0.197. The van der Waals surface area contributed by atoms with Gasteiger partial charge in [0.25, 0.3) is 0 Å².